The molecule has 7 heteroatoms. The largest absolute Gasteiger partial charge is 0.352 e. The molecule has 1 aliphatic rings. The van der Waals surface area contributed by atoms with Crippen molar-refractivity contribution >= 4 is 31.9 Å². The smallest absolute Gasteiger partial charge is 0.241 e. The van der Waals surface area contributed by atoms with Gasteiger partial charge in [0.05, 0.1) is 4.90 Å². The van der Waals surface area contributed by atoms with Crippen LogP contribution in [0.1, 0.15) is 38.2 Å². The molecule has 0 bridgehead atoms. The van der Waals surface area contributed by atoms with E-state index in [1.54, 1.807) is 12.1 Å². The summed E-state index contributed by atoms with van der Waals surface area (Å²) in [6, 6.07) is 15.1. The molecule has 0 aliphatic heterocycles. The second-order valence-electron chi connectivity index (χ2n) is 7.69. The summed E-state index contributed by atoms with van der Waals surface area (Å²) in [7, 11) is -3.83. The van der Waals surface area contributed by atoms with E-state index in [1.807, 2.05) is 30.3 Å². The Kier molecular flexibility index (Phi) is 7.49. The highest BCUT2D eigenvalue weighted by molar-refractivity contribution is 9.10. The lowest BCUT2D eigenvalue weighted by atomic mass is 9.86. The highest BCUT2D eigenvalue weighted by atomic mass is 79.9. The Morgan fingerprint density at radius 3 is 2.38 bits per heavy atom. The Hall–Kier alpha value is -1.70. The quantitative estimate of drug-likeness (QED) is 0.630. The van der Waals surface area contributed by atoms with E-state index in [0.29, 0.717) is 12.3 Å². The summed E-state index contributed by atoms with van der Waals surface area (Å²) in [5, 5.41) is 3.10. The molecule has 3 rings (SSSR count). The lowest BCUT2D eigenvalue weighted by Gasteiger charge is -2.31. The van der Waals surface area contributed by atoms with Crippen molar-refractivity contribution in [3.63, 3.8) is 0 Å². The van der Waals surface area contributed by atoms with Gasteiger partial charge in [0.15, 0.2) is 0 Å². The second kappa shape index (κ2) is 9.87. The highest BCUT2D eigenvalue weighted by Crippen LogP contribution is 2.24. The summed E-state index contributed by atoms with van der Waals surface area (Å²) in [5.41, 5.74) is 0.905. The van der Waals surface area contributed by atoms with Crippen molar-refractivity contribution < 1.29 is 13.2 Å². The molecule has 5 nitrogen and oxygen atoms in total. The summed E-state index contributed by atoms with van der Waals surface area (Å²) in [6.45, 7) is 2.14. The molecule has 156 valence electrons. The minimum Gasteiger partial charge on any atom is -0.352 e. The third kappa shape index (κ3) is 6.14. The summed E-state index contributed by atoms with van der Waals surface area (Å²) in [6.07, 6.45) is 4.58. The molecule has 1 saturated carbocycles. The second-order valence-corrected chi connectivity index (χ2v) is 10.3. The number of nitrogens with one attached hydrogen (secondary N) is 2. The van der Waals surface area contributed by atoms with Gasteiger partial charge < -0.3 is 5.32 Å². The van der Waals surface area contributed by atoms with E-state index >= 15 is 0 Å². The number of carbonyl (C=O) groups excluding carboxylic acids is 1. The van der Waals surface area contributed by atoms with Crippen LogP contribution >= 0.6 is 15.9 Å². The Balaban J connectivity index is 1.80. The van der Waals surface area contributed by atoms with Crippen molar-refractivity contribution in [2.45, 2.75) is 56.0 Å². The normalized spacial score (nSPS) is 20.8. The minimum absolute atomic E-state index is 0.0895. The molecule has 2 N–H and O–H groups in total. The molecular weight excluding hydrogens is 452 g/mol. The van der Waals surface area contributed by atoms with Crippen LogP contribution in [0.2, 0.25) is 0 Å². The maximum Gasteiger partial charge on any atom is 0.241 e. The number of amides is 1. The standard InChI is InChI=1S/C22H27BrN2O3S/c1-16-7-5-6-10-20(16)24-22(26)21(15-17-8-3-2-4-9-17)25-29(27,28)19-13-11-18(23)12-14-19/h2-4,8-9,11-14,16,20-21,25H,5-7,10,15H2,1H3,(H,24,26). The summed E-state index contributed by atoms with van der Waals surface area (Å²) >= 11 is 3.31. The molecule has 1 amide bonds. The van der Waals surface area contributed by atoms with Crippen LogP contribution in [0.15, 0.2) is 64.0 Å². The van der Waals surface area contributed by atoms with Gasteiger partial charge in [0.2, 0.25) is 15.9 Å². The predicted molar refractivity (Wildman–Crippen MR) is 118 cm³/mol. The van der Waals surface area contributed by atoms with Crippen LogP contribution in [0.25, 0.3) is 0 Å². The van der Waals surface area contributed by atoms with Gasteiger partial charge in [-0.05, 0) is 55.0 Å². The Labute approximate surface area is 181 Å². The average molecular weight is 479 g/mol. The van der Waals surface area contributed by atoms with Gasteiger partial charge in [-0.1, -0.05) is 66.0 Å². The first-order chi connectivity index (χ1) is 13.8. The maximum atomic E-state index is 13.1. The van der Waals surface area contributed by atoms with Crippen LogP contribution in [0.5, 0.6) is 0 Å². The molecule has 2 aromatic carbocycles. The minimum atomic E-state index is -3.83. The van der Waals surface area contributed by atoms with Crippen molar-refractivity contribution in [3.8, 4) is 0 Å². The lowest BCUT2D eigenvalue weighted by molar-refractivity contribution is -0.124. The molecule has 0 aromatic heterocycles. The van der Waals surface area contributed by atoms with E-state index < -0.39 is 16.1 Å². The summed E-state index contributed by atoms with van der Waals surface area (Å²) in [5.74, 6) is 0.126. The van der Waals surface area contributed by atoms with Gasteiger partial charge in [-0.25, -0.2) is 8.42 Å². The van der Waals surface area contributed by atoms with Crippen molar-refractivity contribution in [2.75, 3.05) is 0 Å². The van der Waals surface area contributed by atoms with Crippen LogP contribution in [-0.2, 0) is 21.2 Å². The Morgan fingerprint density at radius 1 is 1.07 bits per heavy atom. The number of hydrogen-bond donors (Lipinski definition) is 2. The molecule has 2 aromatic rings. The summed E-state index contributed by atoms with van der Waals surface area (Å²) in [4.78, 5) is 13.2. The third-order valence-corrected chi connectivity index (χ3v) is 7.48. The molecule has 0 spiro atoms. The van der Waals surface area contributed by atoms with Crippen LogP contribution in [-0.4, -0.2) is 26.4 Å². The molecule has 1 fully saturated rings. The van der Waals surface area contributed by atoms with Gasteiger partial charge in [-0.3, -0.25) is 4.79 Å². The van der Waals surface area contributed by atoms with E-state index in [-0.39, 0.29) is 16.8 Å². The fraction of sp³-hybridized carbons (Fsp3) is 0.409. The first kappa shape index (κ1) is 22.0. The zero-order chi connectivity index (χ0) is 20.9. The van der Waals surface area contributed by atoms with Gasteiger partial charge in [-0.15, -0.1) is 0 Å². The monoisotopic (exact) mass is 478 g/mol. The molecule has 0 radical (unpaired) electrons. The van der Waals surface area contributed by atoms with E-state index in [4.69, 9.17) is 0 Å². The molecular formula is C22H27BrN2O3S. The van der Waals surface area contributed by atoms with Crippen molar-refractivity contribution in [1.82, 2.24) is 10.0 Å². The first-order valence-corrected chi connectivity index (χ1v) is 12.2. The number of halogens is 1. The van der Waals surface area contributed by atoms with Crippen LogP contribution in [0.4, 0.5) is 0 Å². The van der Waals surface area contributed by atoms with E-state index in [0.717, 1.165) is 29.3 Å². The number of carbonyl (C=O) groups is 1. The zero-order valence-corrected chi connectivity index (χ0v) is 18.9. The van der Waals surface area contributed by atoms with Crippen molar-refractivity contribution in [1.29, 1.82) is 0 Å². The summed E-state index contributed by atoms with van der Waals surface area (Å²) < 4.78 is 29.2. The van der Waals surface area contributed by atoms with Crippen molar-refractivity contribution in [2.24, 2.45) is 5.92 Å². The van der Waals surface area contributed by atoms with E-state index in [9.17, 15) is 13.2 Å². The first-order valence-electron chi connectivity index (χ1n) is 9.97. The molecule has 29 heavy (non-hydrogen) atoms. The SMILES string of the molecule is CC1CCCCC1NC(=O)C(Cc1ccccc1)NS(=O)(=O)c1ccc(Br)cc1. The van der Waals surface area contributed by atoms with Gasteiger partial charge >= 0.3 is 0 Å². The Bertz CT molecular complexity index is 917. The molecule has 0 heterocycles. The topological polar surface area (TPSA) is 75.3 Å². The average Bonchev–Trinajstić information content (AvgIpc) is 2.70. The van der Waals surface area contributed by atoms with Gasteiger partial charge in [0.1, 0.15) is 6.04 Å². The van der Waals surface area contributed by atoms with E-state index in [2.05, 4.69) is 32.9 Å². The predicted octanol–water partition coefficient (Wildman–Crippen LogP) is 4.03. The fourth-order valence-electron chi connectivity index (χ4n) is 3.72. The number of rotatable bonds is 7. The third-order valence-electron chi connectivity index (χ3n) is 5.46. The lowest BCUT2D eigenvalue weighted by Crippen LogP contribution is -2.52. The van der Waals surface area contributed by atoms with Gasteiger partial charge in [-0.2, -0.15) is 4.72 Å². The van der Waals surface area contributed by atoms with Gasteiger partial charge in [0, 0.05) is 10.5 Å². The molecule has 1 aliphatic carbocycles. The van der Waals surface area contributed by atoms with Crippen LogP contribution < -0.4 is 10.0 Å². The molecule has 3 atom stereocenters. The Morgan fingerprint density at radius 2 is 1.72 bits per heavy atom. The highest BCUT2D eigenvalue weighted by Gasteiger charge is 2.30. The number of hydrogen-bond acceptors (Lipinski definition) is 3. The molecule has 0 saturated heterocycles. The van der Waals surface area contributed by atoms with Gasteiger partial charge in [0.25, 0.3) is 0 Å². The zero-order valence-electron chi connectivity index (χ0n) is 16.5. The fourth-order valence-corrected chi connectivity index (χ4v) is 5.18. The van der Waals surface area contributed by atoms with E-state index in [1.165, 1.54) is 18.6 Å². The number of benzene rings is 2. The van der Waals surface area contributed by atoms with Crippen LogP contribution in [0, 0.1) is 5.92 Å². The molecule has 3 unspecified atom stereocenters. The van der Waals surface area contributed by atoms with Crippen molar-refractivity contribution in [3.05, 3.63) is 64.6 Å². The van der Waals surface area contributed by atoms with Crippen LogP contribution in [0.3, 0.4) is 0 Å². The number of sulfonamides is 1. The maximum absolute atomic E-state index is 13.1.